The zero-order valence-electron chi connectivity index (χ0n) is 8.43. The molecule has 0 aromatic heterocycles. The zero-order chi connectivity index (χ0) is 11.6. The molecule has 0 unspecified atom stereocenters. The van der Waals surface area contributed by atoms with Gasteiger partial charge in [-0.05, 0) is 20.7 Å². The summed E-state index contributed by atoms with van der Waals surface area (Å²) in [4.78, 5) is 12.4. The monoisotopic (exact) mass is 207 g/mol. The molecule has 0 aliphatic rings. The molecule has 0 amide bonds. The summed E-state index contributed by atoms with van der Waals surface area (Å²) < 4.78 is 25.0. The Morgan fingerprint density at radius 2 is 1.93 bits per heavy atom. The van der Waals surface area contributed by atoms with E-state index in [-0.39, 0.29) is 5.97 Å². The molecule has 14 heavy (non-hydrogen) atoms. The van der Waals surface area contributed by atoms with Crippen molar-refractivity contribution in [3.8, 4) is 0 Å². The highest BCUT2D eigenvalue weighted by atomic mass is 19.3. The van der Waals surface area contributed by atoms with E-state index in [1.165, 1.54) is 0 Å². The third-order valence-electron chi connectivity index (χ3n) is 0.949. The first-order chi connectivity index (χ1) is 6.40. The van der Waals surface area contributed by atoms with Gasteiger partial charge in [0.1, 0.15) is 6.61 Å². The lowest BCUT2D eigenvalue weighted by Crippen LogP contribution is -2.19. The number of hydrogen-bond donors (Lipinski definition) is 0. The quantitative estimate of drug-likeness (QED) is 0.519. The number of nitrogens with zero attached hydrogens (tertiary/aromatic N) is 1. The van der Waals surface area contributed by atoms with E-state index in [0.29, 0.717) is 6.61 Å². The maximum absolute atomic E-state index is 10.4. The van der Waals surface area contributed by atoms with Gasteiger partial charge >= 0.3 is 5.97 Å². The Balaban J connectivity index is 0. The summed E-state index contributed by atoms with van der Waals surface area (Å²) >= 11 is 0. The Bertz CT molecular complexity index is 189. The van der Waals surface area contributed by atoms with E-state index < -0.39 is 6.08 Å². The van der Waals surface area contributed by atoms with Gasteiger partial charge in [-0.2, -0.15) is 8.78 Å². The standard InChI is InChI=1S/C7H13NO2.C2H2F2/c1-4-7(9)10-6-5-8(2)3;1-2(3)4/h4H,1,5-6H2,2-3H3;1H2. The molecule has 0 spiro atoms. The number of carbonyl (C=O) groups is 1. The molecule has 0 saturated heterocycles. The molecule has 0 aromatic rings. The molecule has 0 N–H and O–H groups in total. The van der Waals surface area contributed by atoms with Crippen molar-refractivity contribution in [2.75, 3.05) is 27.2 Å². The van der Waals surface area contributed by atoms with Crippen LogP contribution in [-0.4, -0.2) is 38.1 Å². The number of hydrogen-bond acceptors (Lipinski definition) is 3. The molecule has 0 heterocycles. The Hall–Kier alpha value is -1.23. The maximum Gasteiger partial charge on any atom is 0.330 e. The van der Waals surface area contributed by atoms with Crippen LogP contribution >= 0.6 is 0 Å². The minimum atomic E-state index is -1.83. The van der Waals surface area contributed by atoms with Crippen LogP contribution in [0.25, 0.3) is 0 Å². The van der Waals surface area contributed by atoms with Gasteiger partial charge in [-0.1, -0.05) is 6.58 Å². The second kappa shape index (κ2) is 9.85. The van der Waals surface area contributed by atoms with Crippen LogP contribution in [0.2, 0.25) is 0 Å². The molecule has 0 atom stereocenters. The van der Waals surface area contributed by atoms with Crippen LogP contribution in [0.4, 0.5) is 8.78 Å². The fourth-order valence-electron chi connectivity index (χ4n) is 0.388. The lowest BCUT2D eigenvalue weighted by molar-refractivity contribution is -0.137. The van der Waals surface area contributed by atoms with E-state index in [9.17, 15) is 13.6 Å². The van der Waals surface area contributed by atoms with Gasteiger partial charge in [-0.15, -0.1) is 0 Å². The normalized spacial score (nSPS) is 8.64. The Labute approximate surface area is 82.7 Å². The first-order valence-corrected chi connectivity index (χ1v) is 3.84. The van der Waals surface area contributed by atoms with Gasteiger partial charge in [0.05, 0.1) is 0 Å². The van der Waals surface area contributed by atoms with Gasteiger partial charge in [0.2, 0.25) is 0 Å². The minimum absolute atomic E-state index is 0.359. The van der Waals surface area contributed by atoms with Crippen molar-refractivity contribution < 1.29 is 18.3 Å². The van der Waals surface area contributed by atoms with Crippen LogP contribution in [0.5, 0.6) is 0 Å². The summed E-state index contributed by atoms with van der Waals surface area (Å²) in [5, 5.41) is 0. The highest BCUT2D eigenvalue weighted by Gasteiger charge is 1.94. The Morgan fingerprint density at radius 3 is 2.21 bits per heavy atom. The van der Waals surface area contributed by atoms with Gasteiger partial charge in [-0.25, -0.2) is 4.79 Å². The van der Waals surface area contributed by atoms with Crippen LogP contribution in [0.3, 0.4) is 0 Å². The molecule has 0 aliphatic carbocycles. The molecular weight excluding hydrogens is 192 g/mol. The second-order valence-corrected chi connectivity index (χ2v) is 2.51. The first-order valence-electron chi connectivity index (χ1n) is 3.84. The van der Waals surface area contributed by atoms with Crippen molar-refractivity contribution in [3.63, 3.8) is 0 Å². The van der Waals surface area contributed by atoms with Crippen molar-refractivity contribution >= 4 is 5.97 Å². The predicted octanol–water partition coefficient (Wildman–Crippen LogP) is 1.67. The second-order valence-electron chi connectivity index (χ2n) is 2.51. The van der Waals surface area contributed by atoms with Crippen molar-refractivity contribution in [1.29, 1.82) is 0 Å². The third-order valence-corrected chi connectivity index (χ3v) is 0.949. The lowest BCUT2D eigenvalue weighted by Gasteiger charge is -2.07. The number of rotatable bonds is 4. The Morgan fingerprint density at radius 1 is 1.50 bits per heavy atom. The summed E-state index contributed by atoms with van der Waals surface area (Å²) in [5.74, 6) is -0.359. The molecule has 0 aliphatic heterocycles. The van der Waals surface area contributed by atoms with Crippen LogP contribution in [-0.2, 0) is 9.53 Å². The molecule has 0 bridgehead atoms. The highest BCUT2D eigenvalue weighted by molar-refractivity contribution is 5.81. The van der Waals surface area contributed by atoms with Crippen molar-refractivity contribution in [2.45, 2.75) is 0 Å². The highest BCUT2D eigenvalue weighted by Crippen LogP contribution is 1.85. The first kappa shape index (κ1) is 15.3. The molecule has 0 aromatic carbocycles. The largest absolute Gasteiger partial charge is 0.461 e. The van der Waals surface area contributed by atoms with Gasteiger partial charge in [-0.3, -0.25) is 0 Å². The average Bonchev–Trinajstić information content (AvgIpc) is 2.02. The number of halogens is 2. The molecule has 0 radical (unpaired) electrons. The Kier molecular flexibility index (Phi) is 10.7. The van der Waals surface area contributed by atoms with E-state index in [4.69, 9.17) is 4.74 Å². The van der Waals surface area contributed by atoms with E-state index >= 15 is 0 Å². The van der Waals surface area contributed by atoms with Gasteiger partial charge in [0.25, 0.3) is 6.08 Å². The molecular formula is C9H15F2NO2. The average molecular weight is 207 g/mol. The van der Waals surface area contributed by atoms with Crippen molar-refractivity contribution in [1.82, 2.24) is 4.90 Å². The van der Waals surface area contributed by atoms with Crippen molar-refractivity contribution in [2.24, 2.45) is 0 Å². The van der Waals surface area contributed by atoms with Crippen LogP contribution in [0.1, 0.15) is 0 Å². The molecule has 0 saturated carbocycles. The third kappa shape index (κ3) is 22.4. The SMILES string of the molecule is C=C(F)F.C=CC(=O)OCCN(C)C. The van der Waals surface area contributed by atoms with E-state index in [0.717, 1.165) is 12.6 Å². The van der Waals surface area contributed by atoms with E-state index in [1.807, 2.05) is 19.0 Å². The summed E-state index contributed by atoms with van der Waals surface area (Å²) in [6, 6.07) is 0. The zero-order valence-corrected chi connectivity index (χ0v) is 8.43. The van der Waals surface area contributed by atoms with Crippen LogP contribution in [0, 0.1) is 0 Å². The van der Waals surface area contributed by atoms with E-state index in [1.54, 1.807) is 0 Å². The van der Waals surface area contributed by atoms with Gasteiger partial charge in [0, 0.05) is 12.6 Å². The number of likely N-dealkylation sites (N-methyl/N-ethyl adjacent to an activating group) is 1. The van der Waals surface area contributed by atoms with E-state index in [2.05, 4.69) is 13.2 Å². The smallest absolute Gasteiger partial charge is 0.330 e. The summed E-state index contributed by atoms with van der Waals surface area (Å²) in [6.07, 6.45) is -0.671. The van der Waals surface area contributed by atoms with Crippen molar-refractivity contribution in [3.05, 3.63) is 25.3 Å². The number of ether oxygens (including phenoxy) is 1. The molecule has 5 heteroatoms. The summed E-state index contributed by atoms with van der Waals surface area (Å²) in [5.41, 5.74) is 0. The predicted molar refractivity (Wildman–Crippen MR) is 51.1 cm³/mol. The number of esters is 1. The van der Waals surface area contributed by atoms with Crippen LogP contribution in [0.15, 0.2) is 25.3 Å². The van der Waals surface area contributed by atoms with Gasteiger partial charge < -0.3 is 9.64 Å². The molecule has 82 valence electrons. The van der Waals surface area contributed by atoms with Gasteiger partial charge in [0.15, 0.2) is 0 Å². The van der Waals surface area contributed by atoms with Crippen LogP contribution < -0.4 is 0 Å². The topological polar surface area (TPSA) is 29.5 Å². The fraction of sp³-hybridized carbons (Fsp3) is 0.444. The maximum atomic E-state index is 10.4. The number of carbonyl (C=O) groups excluding carboxylic acids is 1. The molecule has 0 rings (SSSR count). The fourth-order valence-corrected chi connectivity index (χ4v) is 0.388. The minimum Gasteiger partial charge on any atom is -0.461 e. The summed E-state index contributed by atoms with van der Waals surface area (Å²) in [7, 11) is 3.84. The lowest BCUT2D eigenvalue weighted by atomic mass is 10.6. The molecule has 3 nitrogen and oxygen atoms in total. The summed E-state index contributed by atoms with van der Waals surface area (Å²) in [6.45, 7) is 6.67. The molecule has 0 fully saturated rings.